The Labute approximate surface area is 121 Å². The molecule has 0 unspecified atom stereocenters. The Balaban J connectivity index is 2.61. The van der Waals surface area contributed by atoms with Gasteiger partial charge in [-0.3, -0.25) is 0 Å². The molecule has 0 saturated carbocycles. The summed E-state index contributed by atoms with van der Waals surface area (Å²) >= 11 is 0. The van der Waals surface area contributed by atoms with E-state index in [4.69, 9.17) is 5.26 Å². The van der Waals surface area contributed by atoms with E-state index in [-0.39, 0.29) is 5.75 Å². The van der Waals surface area contributed by atoms with Crippen molar-refractivity contribution in [1.82, 2.24) is 4.90 Å². The van der Waals surface area contributed by atoms with E-state index in [2.05, 4.69) is 6.07 Å². The Morgan fingerprint density at radius 2 is 1.95 bits per heavy atom. The number of nitrogens with zero attached hydrogens (tertiary/aromatic N) is 2. The monoisotopic (exact) mass is 294 g/mol. The Morgan fingerprint density at radius 1 is 1.30 bits per heavy atom. The minimum atomic E-state index is -3.09. The predicted octanol–water partition coefficient (Wildman–Crippen LogP) is 2.20. The number of sulfone groups is 1. The zero-order valence-corrected chi connectivity index (χ0v) is 13.4. The Morgan fingerprint density at radius 3 is 2.50 bits per heavy atom. The van der Waals surface area contributed by atoms with Crippen molar-refractivity contribution in [3.05, 3.63) is 35.4 Å². The first-order chi connectivity index (χ1) is 9.15. The molecule has 0 aromatic heterocycles. The van der Waals surface area contributed by atoms with E-state index in [0.717, 1.165) is 5.56 Å². The molecule has 110 valence electrons. The highest BCUT2D eigenvalue weighted by molar-refractivity contribution is 7.92. The molecular formula is C15H22N2O2S. The highest BCUT2D eigenvalue weighted by Crippen LogP contribution is 2.16. The van der Waals surface area contributed by atoms with Gasteiger partial charge in [0.2, 0.25) is 0 Å². The van der Waals surface area contributed by atoms with Crippen molar-refractivity contribution in [2.75, 3.05) is 19.3 Å². The number of hydrogen-bond acceptors (Lipinski definition) is 4. The van der Waals surface area contributed by atoms with Crippen LogP contribution in [0.5, 0.6) is 0 Å². The van der Waals surface area contributed by atoms with Crippen LogP contribution in [0.3, 0.4) is 0 Å². The molecule has 1 rings (SSSR count). The first-order valence-electron chi connectivity index (χ1n) is 6.55. The molecule has 0 atom stereocenters. The third-order valence-electron chi connectivity index (χ3n) is 3.18. The summed E-state index contributed by atoms with van der Waals surface area (Å²) in [6.45, 7) is 6.28. The molecule has 20 heavy (non-hydrogen) atoms. The summed E-state index contributed by atoms with van der Waals surface area (Å²) in [4.78, 5) is 1.96. The summed E-state index contributed by atoms with van der Waals surface area (Å²) in [6, 6.07) is 9.47. The second-order valence-corrected chi connectivity index (χ2v) is 8.84. The van der Waals surface area contributed by atoms with E-state index in [1.54, 1.807) is 26.8 Å². The largest absolute Gasteiger partial charge is 0.301 e. The maximum atomic E-state index is 12.0. The second-order valence-electron chi connectivity index (χ2n) is 5.98. The summed E-state index contributed by atoms with van der Waals surface area (Å²) in [7, 11) is -1.21. The van der Waals surface area contributed by atoms with Crippen molar-refractivity contribution in [3.8, 4) is 6.07 Å². The van der Waals surface area contributed by atoms with Crippen LogP contribution in [0.2, 0.25) is 0 Å². The third-order valence-corrected chi connectivity index (χ3v) is 5.77. The van der Waals surface area contributed by atoms with Gasteiger partial charge in [0.05, 0.1) is 22.1 Å². The summed E-state index contributed by atoms with van der Waals surface area (Å²) in [6.07, 6.45) is 0. The molecule has 1 aromatic rings. The SMILES string of the molecule is CN(CCS(=O)(=O)C(C)(C)C)Cc1cccc(C#N)c1. The smallest absolute Gasteiger partial charge is 0.156 e. The van der Waals surface area contributed by atoms with E-state index >= 15 is 0 Å². The van der Waals surface area contributed by atoms with Crippen LogP contribution in [0.1, 0.15) is 31.9 Å². The average molecular weight is 294 g/mol. The molecule has 4 nitrogen and oxygen atoms in total. The number of nitriles is 1. The van der Waals surface area contributed by atoms with Gasteiger partial charge in [-0.1, -0.05) is 12.1 Å². The lowest BCUT2D eigenvalue weighted by Crippen LogP contribution is -2.35. The van der Waals surface area contributed by atoms with E-state index in [9.17, 15) is 8.42 Å². The molecule has 0 aliphatic heterocycles. The molecule has 0 heterocycles. The van der Waals surface area contributed by atoms with Crippen molar-refractivity contribution in [2.24, 2.45) is 0 Å². The van der Waals surface area contributed by atoms with Crippen molar-refractivity contribution in [2.45, 2.75) is 32.1 Å². The minimum absolute atomic E-state index is 0.144. The van der Waals surface area contributed by atoms with Gasteiger partial charge in [0.25, 0.3) is 0 Å². The molecule has 0 aliphatic carbocycles. The fraction of sp³-hybridized carbons (Fsp3) is 0.533. The maximum Gasteiger partial charge on any atom is 0.156 e. The molecule has 0 amide bonds. The fourth-order valence-corrected chi connectivity index (χ4v) is 2.88. The lowest BCUT2D eigenvalue weighted by Gasteiger charge is -2.22. The molecular weight excluding hydrogens is 272 g/mol. The first kappa shape index (κ1) is 16.7. The number of benzene rings is 1. The fourth-order valence-electron chi connectivity index (χ4n) is 1.71. The predicted molar refractivity (Wildman–Crippen MR) is 81.0 cm³/mol. The van der Waals surface area contributed by atoms with Crippen molar-refractivity contribution in [1.29, 1.82) is 5.26 Å². The maximum absolute atomic E-state index is 12.0. The van der Waals surface area contributed by atoms with Gasteiger partial charge in [-0.05, 0) is 45.5 Å². The van der Waals surface area contributed by atoms with Crippen molar-refractivity contribution in [3.63, 3.8) is 0 Å². The standard InChI is InChI=1S/C15H22N2O2S/c1-15(2,3)20(18,19)9-8-17(4)12-14-7-5-6-13(10-14)11-16/h5-7,10H,8-9,12H2,1-4H3. The van der Waals surface area contributed by atoms with Crippen LogP contribution < -0.4 is 0 Å². The first-order valence-corrected chi connectivity index (χ1v) is 8.21. The van der Waals surface area contributed by atoms with Crippen molar-refractivity contribution < 1.29 is 8.42 Å². The van der Waals surface area contributed by atoms with Crippen LogP contribution in [0.15, 0.2) is 24.3 Å². The van der Waals surface area contributed by atoms with E-state index < -0.39 is 14.6 Å². The molecule has 0 aliphatic rings. The Kier molecular flexibility index (Phi) is 5.32. The highest BCUT2D eigenvalue weighted by Gasteiger charge is 2.28. The molecule has 1 aromatic carbocycles. The average Bonchev–Trinajstić information content (AvgIpc) is 2.35. The normalized spacial score (nSPS) is 12.4. The number of hydrogen-bond donors (Lipinski definition) is 0. The van der Waals surface area contributed by atoms with Gasteiger partial charge in [-0.15, -0.1) is 0 Å². The molecule has 0 radical (unpaired) electrons. The molecule has 0 bridgehead atoms. The summed E-state index contributed by atoms with van der Waals surface area (Å²) in [5.74, 6) is 0.144. The Bertz CT molecular complexity index is 595. The zero-order valence-electron chi connectivity index (χ0n) is 12.5. The molecule has 0 spiro atoms. The van der Waals surface area contributed by atoms with Crippen LogP contribution in [0.4, 0.5) is 0 Å². The molecule has 0 saturated heterocycles. The van der Waals surface area contributed by atoms with Crippen LogP contribution in [0, 0.1) is 11.3 Å². The lowest BCUT2D eigenvalue weighted by molar-refractivity contribution is 0.345. The van der Waals surface area contributed by atoms with Crippen LogP contribution in [0.25, 0.3) is 0 Å². The molecule has 5 heteroatoms. The van der Waals surface area contributed by atoms with E-state index in [1.807, 2.05) is 30.1 Å². The third kappa shape index (κ3) is 4.62. The minimum Gasteiger partial charge on any atom is -0.301 e. The van der Waals surface area contributed by atoms with Gasteiger partial charge in [0.15, 0.2) is 9.84 Å². The molecule has 0 fully saturated rings. The van der Waals surface area contributed by atoms with E-state index in [0.29, 0.717) is 18.7 Å². The highest BCUT2D eigenvalue weighted by atomic mass is 32.2. The van der Waals surface area contributed by atoms with Gasteiger partial charge in [0, 0.05) is 13.1 Å². The van der Waals surface area contributed by atoms with Gasteiger partial charge in [-0.25, -0.2) is 8.42 Å². The summed E-state index contributed by atoms with van der Waals surface area (Å²) < 4.78 is 23.4. The second kappa shape index (κ2) is 6.38. The van der Waals surface area contributed by atoms with Gasteiger partial charge < -0.3 is 4.90 Å². The van der Waals surface area contributed by atoms with Gasteiger partial charge in [-0.2, -0.15) is 5.26 Å². The van der Waals surface area contributed by atoms with Gasteiger partial charge >= 0.3 is 0 Å². The topological polar surface area (TPSA) is 61.2 Å². The zero-order chi connectivity index (χ0) is 15.4. The molecule has 0 N–H and O–H groups in total. The van der Waals surface area contributed by atoms with Gasteiger partial charge in [0.1, 0.15) is 0 Å². The number of rotatable bonds is 5. The Hall–Kier alpha value is -1.38. The van der Waals surface area contributed by atoms with Crippen LogP contribution >= 0.6 is 0 Å². The quantitative estimate of drug-likeness (QED) is 0.835. The lowest BCUT2D eigenvalue weighted by atomic mass is 10.1. The van der Waals surface area contributed by atoms with E-state index in [1.165, 1.54) is 0 Å². The summed E-state index contributed by atoms with van der Waals surface area (Å²) in [5, 5.41) is 8.85. The van der Waals surface area contributed by atoms with Crippen LogP contribution in [-0.2, 0) is 16.4 Å². The van der Waals surface area contributed by atoms with Crippen molar-refractivity contribution >= 4 is 9.84 Å². The summed E-state index contributed by atoms with van der Waals surface area (Å²) in [5.41, 5.74) is 1.64. The van der Waals surface area contributed by atoms with Crippen LogP contribution in [-0.4, -0.2) is 37.4 Å².